The quantitative estimate of drug-likeness (QED) is 0.499. The first-order chi connectivity index (χ1) is 7.84. The van der Waals surface area contributed by atoms with Gasteiger partial charge in [-0.1, -0.05) is 0 Å². The van der Waals surface area contributed by atoms with Gasteiger partial charge in [-0.05, 0) is 18.2 Å². The Morgan fingerprint density at radius 2 is 2.06 bits per heavy atom. The molecule has 0 saturated carbocycles. The highest BCUT2D eigenvalue weighted by Gasteiger charge is 2.13. The van der Waals surface area contributed by atoms with Gasteiger partial charge in [-0.25, -0.2) is 0 Å². The lowest BCUT2D eigenvalue weighted by Gasteiger charge is -2.07. The maximum absolute atomic E-state index is 10.8. The van der Waals surface area contributed by atoms with Gasteiger partial charge in [0, 0.05) is 5.56 Å². The number of hydrogen-bond acceptors (Lipinski definition) is 6. The number of ether oxygens (including phenoxy) is 1. The van der Waals surface area contributed by atoms with Gasteiger partial charge >= 0.3 is 5.97 Å². The maximum Gasteiger partial charge on any atom is 0.320 e. The Bertz CT molecular complexity index is 524. The Labute approximate surface area is 97.6 Å². The second kappa shape index (κ2) is 5.13. The van der Waals surface area contributed by atoms with E-state index in [-0.39, 0.29) is 24.5 Å². The van der Waals surface area contributed by atoms with Crippen molar-refractivity contribution in [3.8, 4) is 5.75 Å². The van der Waals surface area contributed by atoms with E-state index in [1.807, 2.05) is 0 Å². The van der Waals surface area contributed by atoms with Crippen LogP contribution in [0.25, 0.3) is 0 Å². The molecule has 0 aliphatic carbocycles. The number of aromatic hydroxyl groups is 1. The van der Waals surface area contributed by atoms with E-state index in [4.69, 9.17) is 10.3 Å². The van der Waals surface area contributed by atoms with E-state index in [1.54, 1.807) is 0 Å². The summed E-state index contributed by atoms with van der Waals surface area (Å²) in [5.41, 5.74) is 5.06. The number of rotatable bonds is 4. The molecule has 7 nitrogen and oxygen atoms in total. The number of benzene rings is 1. The highest BCUT2D eigenvalue weighted by Crippen LogP contribution is 2.21. The van der Waals surface area contributed by atoms with E-state index >= 15 is 0 Å². The van der Waals surface area contributed by atoms with Gasteiger partial charge in [0.1, 0.15) is 12.4 Å². The summed E-state index contributed by atoms with van der Waals surface area (Å²) >= 11 is 0. The molecule has 94 valence electrons. The molecule has 0 amide bonds. The monoisotopic (exact) mass is 261 g/mol. The highest BCUT2D eigenvalue weighted by atomic mass is 32.2. The van der Waals surface area contributed by atoms with Gasteiger partial charge in [-0.2, -0.15) is 8.42 Å². The van der Waals surface area contributed by atoms with Crippen LogP contribution < -0.4 is 5.73 Å². The first-order valence-electron chi connectivity index (χ1n) is 4.49. The van der Waals surface area contributed by atoms with Crippen LogP contribution in [0.3, 0.4) is 0 Å². The molecule has 0 aliphatic rings. The predicted molar refractivity (Wildman–Crippen MR) is 56.8 cm³/mol. The maximum atomic E-state index is 10.8. The molecule has 1 aromatic carbocycles. The summed E-state index contributed by atoms with van der Waals surface area (Å²) < 4.78 is 35.1. The molecular formula is C9H11NO6S. The molecular weight excluding hydrogens is 250 g/mol. The molecule has 0 radical (unpaired) electrons. The van der Waals surface area contributed by atoms with Crippen LogP contribution in [0.5, 0.6) is 5.75 Å². The van der Waals surface area contributed by atoms with Gasteiger partial charge in [0.15, 0.2) is 0 Å². The molecule has 8 heteroatoms. The minimum absolute atomic E-state index is 0.0573. The van der Waals surface area contributed by atoms with Crippen molar-refractivity contribution in [3.63, 3.8) is 0 Å². The fourth-order valence-electron chi connectivity index (χ4n) is 1.06. The van der Waals surface area contributed by atoms with E-state index in [9.17, 15) is 18.3 Å². The highest BCUT2D eigenvalue weighted by molar-refractivity contribution is 7.85. The molecule has 0 saturated heterocycles. The lowest BCUT2D eigenvalue weighted by Crippen LogP contribution is -2.16. The van der Waals surface area contributed by atoms with Gasteiger partial charge < -0.3 is 15.6 Å². The zero-order valence-electron chi connectivity index (χ0n) is 8.66. The van der Waals surface area contributed by atoms with E-state index in [1.165, 1.54) is 0 Å². The smallest absolute Gasteiger partial charge is 0.320 e. The Kier molecular flexibility index (Phi) is 4.05. The third-order valence-corrected chi connectivity index (χ3v) is 2.75. The van der Waals surface area contributed by atoms with Gasteiger partial charge in [-0.15, -0.1) is 0 Å². The zero-order valence-corrected chi connectivity index (χ0v) is 9.48. The van der Waals surface area contributed by atoms with E-state index in [2.05, 4.69) is 4.74 Å². The third kappa shape index (κ3) is 3.70. The molecule has 0 spiro atoms. The van der Waals surface area contributed by atoms with Crippen LogP contribution in [-0.4, -0.2) is 30.6 Å². The van der Waals surface area contributed by atoms with Crippen LogP contribution in [0.2, 0.25) is 0 Å². The fourth-order valence-corrected chi connectivity index (χ4v) is 1.59. The molecule has 1 rings (SSSR count). The average Bonchev–Trinajstić information content (AvgIpc) is 2.26. The van der Waals surface area contributed by atoms with Crippen molar-refractivity contribution in [2.24, 2.45) is 5.73 Å². The third-order valence-electron chi connectivity index (χ3n) is 1.90. The van der Waals surface area contributed by atoms with Gasteiger partial charge in [-0.3, -0.25) is 9.35 Å². The number of carbonyl (C=O) groups is 1. The molecule has 0 aliphatic heterocycles. The second-order valence-corrected chi connectivity index (χ2v) is 4.55. The minimum atomic E-state index is -4.36. The fraction of sp³-hybridized carbons (Fsp3) is 0.222. The van der Waals surface area contributed by atoms with Crippen molar-refractivity contribution in [1.82, 2.24) is 0 Å². The SMILES string of the molecule is NCC(=O)OCc1cc(S(=O)(=O)O)ccc1O. The van der Waals surface area contributed by atoms with Crippen LogP contribution in [0.1, 0.15) is 5.56 Å². The largest absolute Gasteiger partial charge is 0.508 e. The summed E-state index contributed by atoms with van der Waals surface area (Å²) in [6, 6.07) is 3.11. The molecule has 0 bridgehead atoms. The summed E-state index contributed by atoms with van der Waals surface area (Å²) in [6.07, 6.45) is 0. The summed E-state index contributed by atoms with van der Waals surface area (Å²) in [5.74, 6) is -0.941. The molecule has 0 aromatic heterocycles. The van der Waals surface area contributed by atoms with E-state index < -0.39 is 21.0 Å². The Morgan fingerprint density at radius 1 is 1.41 bits per heavy atom. The Morgan fingerprint density at radius 3 is 2.59 bits per heavy atom. The summed E-state index contributed by atoms with van der Waals surface area (Å²) in [6.45, 7) is -0.649. The molecule has 17 heavy (non-hydrogen) atoms. The number of phenolic OH excluding ortho intramolecular Hbond substituents is 1. The first-order valence-corrected chi connectivity index (χ1v) is 5.93. The van der Waals surface area contributed by atoms with Crippen LogP contribution in [0.4, 0.5) is 0 Å². The lowest BCUT2D eigenvalue weighted by molar-refractivity contribution is -0.143. The van der Waals surface area contributed by atoms with Crippen LogP contribution in [0, 0.1) is 0 Å². The topological polar surface area (TPSA) is 127 Å². The minimum Gasteiger partial charge on any atom is -0.508 e. The Balaban J connectivity index is 2.96. The van der Waals surface area contributed by atoms with E-state index in [0.717, 1.165) is 18.2 Å². The number of nitrogens with two attached hydrogens (primary N) is 1. The molecule has 0 fully saturated rings. The van der Waals surface area contributed by atoms with Crippen molar-refractivity contribution in [2.75, 3.05) is 6.54 Å². The Hall–Kier alpha value is -1.64. The number of esters is 1. The molecule has 0 atom stereocenters. The van der Waals surface area contributed by atoms with Crippen molar-refractivity contribution in [3.05, 3.63) is 23.8 Å². The van der Waals surface area contributed by atoms with Gasteiger partial charge in [0.05, 0.1) is 11.4 Å². The standard InChI is InChI=1S/C9H11NO6S/c10-4-9(12)16-5-6-3-7(17(13,14)15)1-2-8(6)11/h1-3,11H,4-5,10H2,(H,13,14,15). The summed E-state index contributed by atoms with van der Waals surface area (Å²) in [7, 11) is -4.36. The molecule has 0 heterocycles. The van der Waals surface area contributed by atoms with Crippen molar-refractivity contribution < 1.29 is 27.6 Å². The number of phenols is 1. The predicted octanol–water partition coefficient (Wildman–Crippen LogP) is -0.359. The van der Waals surface area contributed by atoms with Crippen LogP contribution in [-0.2, 0) is 26.3 Å². The molecule has 4 N–H and O–H groups in total. The lowest BCUT2D eigenvalue weighted by atomic mass is 10.2. The summed E-state index contributed by atoms with van der Waals surface area (Å²) in [4.78, 5) is 10.4. The average molecular weight is 261 g/mol. The first kappa shape index (κ1) is 13.4. The molecule has 0 unspecified atom stereocenters. The second-order valence-electron chi connectivity index (χ2n) is 3.13. The van der Waals surface area contributed by atoms with Crippen molar-refractivity contribution >= 4 is 16.1 Å². The number of carbonyl (C=O) groups excluding carboxylic acids is 1. The van der Waals surface area contributed by atoms with Crippen molar-refractivity contribution in [2.45, 2.75) is 11.5 Å². The normalized spacial score (nSPS) is 11.2. The van der Waals surface area contributed by atoms with Gasteiger partial charge in [0.2, 0.25) is 0 Å². The summed E-state index contributed by atoms with van der Waals surface area (Å²) in [5, 5.41) is 9.39. The van der Waals surface area contributed by atoms with Crippen LogP contribution >= 0.6 is 0 Å². The van der Waals surface area contributed by atoms with Crippen molar-refractivity contribution in [1.29, 1.82) is 0 Å². The van der Waals surface area contributed by atoms with E-state index in [0.29, 0.717) is 0 Å². The molecule has 1 aromatic rings. The van der Waals surface area contributed by atoms with Gasteiger partial charge in [0.25, 0.3) is 10.1 Å². The van der Waals surface area contributed by atoms with Crippen LogP contribution in [0.15, 0.2) is 23.1 Å². The zero-order chi connectivity index (χ0) is 13.1. The number of hydrogen-bond donors (Lipinski definition) is 3.